The van der Waals surface area contributed by atoms with Gasteiger partial charge in [0.2, 0.25) is 0 Å². The minimum Gasteiger partial charge on any atom is -0.453 e. The van der Waals surface area contributed by atoms with Gasteiger partial charge in [-0.05, 0) is 86.8 Å². The largest absolute Gasteiger partial charge is 0.453 e. The molecule has 0 saturated carbocycles. The van der Waals surface area contributed by atoms with Gasteiger partial charge in [0.15, 0.2) is 4.67 Å². The fraction of sp³-hybridized carbons (Fsp3) is 0.714. The summed E-state index contributed by atoms with van der Waals surface area (Å²) < 4.78 is 6.48. The third-order valence-electron chi connectivity index (χ3n) is 4.01. The van der Waals surface area contributed by atoms with E-state index in [0.29, 0.717) is 6.04 Å². The number of rotatable bonds is 5. The van der Waals surface area contributed by atoms with Crippen LogP contribution in [0.4, 0.5) is 0 Å². The van der Waals surface area contributed by atoms with E-state index in [1.165, 1.54) is 32.4 Å². The standard InChI is InChI=1S/C14H23BrN2O/c1-11(13-3-4-14(15)18-13)17-9-6-12(7-10-17)5-8-16-2/h3-4,11-12,16H,5-10H2,1-2H3. The molecule has 1 unspecified atom stereocenters. The molecule has 0 bridgehead atoms. The average molecular weight is 315 g/mol. The monoisotopic (exact) mass is 314 g/mol. The topological polar surface area (TPSA) is 28.4 Å². The number of likely N-dealkylation sites (tertiary alicyclic amines) is 1. The van der Waals surface area contributed by atoms with E-state index >= 15 is 0 Å². The van der Waals surface area contributed by atoms with Gasteiger partial charge in [-0.3, -0.25) is 4.90 Å². The lowest BCUT2D eigenvalue weighted by Crippen LogP contribution is -2.36. The maximum atomic E-state index is 5.66. The quantitative estimate of drug-likeness (QED) is 0.902. The van der Waals surface area contributed by atoms with Gasteiger partial charge in [0, 0.05) is 0 Å². The molecule has 0 amide bonds. The van der Waals surface area contributed by atoms with Crippen molar-refractivity contribution in [2.75, 3.05) is 26.7 Å². The Morgan fingerprint density at radius 3 is 2.72 bits per heavy atom. The number of hydrogen-bond acceptors (Lipinski definition) is 3. The van der Waals surface area contributed by atoms with E-state index in [9.17, 15) is 0 Å². The molecule has 0 spiro atoms. The molecule has 1 fully saturated rings. The average Bonchev–Trinajstić information content (AvgIpc) is 2.83. The summed E-state index contributed by atoms with van der Waals surface area (Å²) in [5.41, 5.74) is 0. The van der Waals surface area contributed by atoms with Gasteiger partial charge in [0.1, 0.15) is 5.76 Å². The molecule has 1 aliphatic heterocycles. The number of hydrogen-bond donors (Lipinski definition) is 1. The minimum atomic E-state index is 0.390. The summed E-state index contributed by atoms with van der Waals surface area (Å²) in [6.45, 7) is 5.76. The second kappa shape index (κ2) is 6.73. The van der Waals surface area contributed by atoms with Gasteiger partial charge >= 0.3 is 0 Å². The zero-order valence-corrected chi connectivity index (χ0v) is 12.9. The zero-order chi connectivity index (χ0) is 13.0. The van der Waals surface area contributed by atoms with Crippen molar-refractivity contribution < 1.29 is 4.42 Å². The maximum absolute atomic E-state index is 5.66. The first-order valence-corrected chi connectivity index (χ1v) is 7.64. The van der Waals surface area contributed by atoms with Crippen molar-refractivity contribution in [2.24, 2.45) is 5.92 Å². The van der Waals surface area contributed by atoms with E-state index in [-0.39, 0.29) is 0 Å². The van der Waals surface area contributed by atoms with Crippen molar-refractivity contribution in [3.05, 3.63) is 22.6 Å². The number of piperidine rings is 1. The van der Waals surface area contributed by atoms with E-state index in [1.54, 1.807) is 0 Å². The lowest BCUT2D eigenvalue weighted by Gasteiger charge is -2.35. The van der Waals surface area contributed by atoms with Crippen LogP contribution in [0.5, 0.6) is 0 Å². The molecular weight excluding hydrogens is 292 g/mol. The van der Waals surface area contributed by atoms with Crippen molar-refractivity contribution in [2.45, 2.75) is 32.2 Å². The Morgan fingerprint density at radius 2 is 2.17 bits per heavy atom. The third kappa shape index (κ3) is 3.59. The van der Waals surface area contributed by atoms with Gasteiger partial charge in [0.05, 0.1) is 6.04 Å². The highest BCUT2D eigenvalue weighted by Gasteiger charge is 2.24. The van der Waals surface area contributed by atoms with Crippen LogP contribution in [0.3, 0.4) is 0 Å². The SMILES string of the molecule is CNCCC1CCN(C(C)c2ccc(Br)o2)CC1. The highest BCUT2D eigenvalue weighted by molar-refractivity contribution is 9.10. The van der Waals surface area contributed by atoms with E-state index in [0.717, 1.165) is 22.9 Å². The number of halogens is 1. The highest BCUT2D eigenvalue weighted by Crippen LogP contribution is 2.29. The second-order valence-corrected chi connectivity index (χ2v) is 5.97. The van der Waals surface area contributed by atoms with Crippen molar-refractivity contribution in [1.29, 1.82) is 0 Å². The van der Waals surface area contributed by atoms with E-state index in [2.05, 4.69) is 39.1 Å². The van der Waals surface area contributed by atoms with Crippen LogP contribution in [-0.4, -0.2) is 31.6 Å². The summed E-state index contributed by atoms with van der Waals surface area (Å²) in [5.74, 6) is 1.96. The smallest absolute Gasteiger partial charge is 0.169 e. The molecule has 3 nitrogen and oxygen atoms in total. The Labute approximate surface area is 118 Å². The molecule has 0 radical (unpaired) electrons. The summed E-state index contributed by atoms with van der Waals surface area (Å²) in [6, 6.07) is 4.44. The second-order valence-electron chi connectivity index (χ2n) is 5.19. The Balaban J connectivity index is 1.82. The first-order chi connectivity index (χ1) is 8.70. The normalized spacial score (nSPS) is 20.2. The Morgan fingerprint density at radius 1 is 1.44 bits per heavy atom. The molecule has 1 atom stereocenters. The molecule has 18 heavy (non-hydrogen) atoms. The molecule has 102 valence electrons. The van der Waals surface area contributed by atoms with Crippen LogP contribution in [0.15, 0.2) is 21.2 Å². The molecule has 1 aromatic heterocycles. The molecule has 0 aromatic carbocycles. The molecular formula is C14H23BrN2O. The predicted molar refractivity (Wildman–Crippen MR) is 77.7 cm³/mol. The van der Waals surface area contributed by atoms with Crippen LogP contribution in [0.25, 0.3) is 0 Å². The van der Waals surface area contributed by atoms with Crippen molar-refractivity contribution in [3.8, 4) is 0 Å². The summed E-state index contributed by atoms with van der Waals surface area (Å²) >= 11 is 3.37. The van der Waals surface area contributed by atoms with Crippen molar-refractivity contribution in [1.82, 2.24) is 10.2 Å². The number of nitrogens with zero attached hydrogens (tertiary/aromatic N) is 1. The number of nitrogens with one attached hydrogen (secondary N) is 1. The summed E-state index contributed by atoms with van der Waals surface area (Å²) in [5, 5.41) is 3.24. The fourth-order valence-corrected chi connectivity index (χ4v) is 3.03. The Kier molecular flexibility index (Phi) is 5.27. The van der Waals surface area contributed by atoms with Crippen molar-refractivity contribution in [3.63, 3.8) is 0 Å². The van der Waals surface area contributed by atoms with Gasteiger partial charge in [-0.2, -0.15) is 0 Å². The van der Waals surface area contributed by atoms with Crippen LogP contribution in [-0.2, 0) is 0 Å². The molecule has 2 rings (SSSR count). The molecule has 1 N–H and O–H groups in total. The fourth-order valence-electron chi connectivity index (χ4n) is 2.71. The molecule has 1 aliphatic rings. The van der Waals surface area contributed by atoms with E-state index in [1.807, 2.05) is 13.1 Å². The predicted octanol–water partition coefficient (Wildman–Crippen LogP) is 3.42. The summed E-state index contributed by atoms with van der Waals surface area (Å²) in [4.78, 5) is 2.53. The first-order valence-electron chi connectivity index (χ1n) is 6.84. The lowest BCUT2D eigenvalue weighted by molar-refractivity contribution is 0.124. The summed E-state index contributed by atoms with van der Waals surface area (Å²) in [6.07, 6.45) is 3.94. The molecule has 4 heteroatoms. The third-order valence-corrected chi connectivity index (χ3v) is 4.43. The Hall–Kier alpha value is -0.320. The van der Waals surface area contributed by atoms with Gasteiger partial charge < -0.3 is 9.73 Å². The maximum Gasteiger partial charge on any atom is 0.169 e. The molecule has 1 saturated heterocycles. The van der Waals surface area contributed by atoms with Gasteiger partial charge in [-0.25, -0.2) is 0 Å². The van der Waals surface area contributed by atoms with Crippen LogP contribution < -0.4 is 5.32 Å². The molecule has 0 aliphatic carbocycles. The number of furan rings is 1. The van der Waals surface area contributed by atoms with Crippen molar-refractivity contribution >= 4 is 15.9 Å². The van der Waals surface area contributed by atoms with E-state index in [4.69, 9.17) is 4.42 Å². The van der Waals surface area contributed by atoms with Crippen LogP contribution in [0, 0.1) is 5.92 Å². The van der Waals surface area contributed by atoms with Crippen LogP contribution in [0.2, 0.25) is 0 Å². The lowest BCUT2D eigenvalue weighted by atomic mass is 9.92. The summed E-state index contributed by atoms with van der Waals surface area (Å²) in [7, 11) is 2.03. The molecule has 1 aromatic rings. The van der Waals surface area contributed by atoms with Gasteiger partial charge in [-0.15, -0.1) is 0 Å². The highest BCUT2D eigenvalue weighted by atomic mass is 79.9. The van der Waals surface area contributed by atoms with Crippen LogP contribution >= 0.6 is 15.9 Å². The Bertz CT molecular complexity index is 358. The van der Waals surface area contributed by atoms with Crippen LogP contribution in [0.1, 0.15) is 38.0 Å². The minimum absolute atomic E-state index is 0.390. The first kappa shape index (κ1) is 14.1. The zero-order valence-electron chi connectivity index (χ0n) is 11.3. The van der Waals surface area contributed by atoms with E-state index < -0.39 is 0 Å². The van der Waals surface area contributed by atoms with Gasteiger partial charge in [0.25, 0.3) is 0 Å². The van der Waals surface area contributed by atoms with Gasteiger partial charge in [-0.1, -0.05) is 0 Å². The molecule has 2 heterocycles.